The fourth-order valence-electron chi connectivity index (χ4n) is 5.08. The fraction of sp³-hybridized carbons (Fsp3) is 0.500. The summed E-state index contributed by atoms with van der Waals surface area (Å²) in [7, 11) is 0. The first-order chi connectivity index (χ1) is 11.1. The highest BCUT2D eigenvalue weighted by molar-refractivity contribution is 5.85. The van der Waals surface area contributed by atoms with Crippen molar-refractivity contribution in [3.8, 4) is 0 Å². The molecule has 120 valence electrons. The lowest BCUT2D eigenvalue weighted by Gasteiger charge is -2.32. The molecule has 1 spiro atoms. The standard InChI is InChI=1S/C20H23NO2/c1-19(22)7-5-16-15(4-8-20(16)11-18(19)23-12-20)13-2-3-17-14(10-13)6-9-21-17/h2-4,6,9-10,16,18,21-22H,5,7-8,11-12H2,1H3/t16-,18+,19+,20+/m0/s1. The molecule has 1 aliphatic heterocycles. The molecule has 2 aliphatic carbocycles. The van der Waals surface area contributed by atoms with Gasteiger partial charge in [0.05, 0.1) is 18.3 Å². The zero-order chi connectivity index (χ0) is 15.7. The maximum Gasteiger partial charge on any atom is 0.0880 e. The number of nitrogens with one attached hydrogen (secondary N) is 1. The van der Waals surface area contributed by atoms with Crippen molar-refractivity contribution in [3.05, 3.63) is 42.1 Å². The van der Waals surface area contributed by atoms with E-state index in [0.29, 0.717) is 5.92 Å². The molecule has 3 nitrogen and oxygen atoms in total. The number of hydrogen-bond acceptors (Lipinski definition) is 2. The Labute approximate surface area is 136 Å². The van der Waals surface area contributed by atoms with E-state index in [1.165, 1.54) is 22.0 Å². The van der Waals surface area contributed by atoms with Crippen molar-refractivity contribution in [2.24, 2.45) is 11.3 Å². The average molecular weight is 309 g/mol. The summed E-state index contributed by atoms with van der Waals surface area (Å²) in [6.45, 7) is 2.75. The van der Waals surface area contributed by atoms with Gasteiger partial charge in [0.15, 0.2) is 0 Å². The van der Waals surface area contributed by atoms with Crippen molar-refractivity contribution >= 4 is 16.5 Å². The van der Waals surface area contributed by atoms with Crippen LogP contribution in [0.1, 0.15) is 38.2 Å². The zero-order valence-electron chi connectivity index (χ0n) is 13.5. The van der Waals surface area contributed by atoms with E-state index >= 15 is 0 Å². The highest BCUT2D eigenvalue weighted by Crippen LogP contribution is 2.59. The Hall–Kier alpha value is -1.58. The largest absolute Gasteiger partial charge is 0.387 e. The van der Waals surface area contributed by atoms with Crippen LogP contribution in [0.2, 0.25) is 0 Å². The molecule has 2 bridgehead atoms. The average Bonchev–Trinajstić information content (AvgIpc) is 3.22. The van der Waals surface area contributed by atoms with E-state index in [9.17, 15) is 5.11 Å². The molecule has 2 fully saturated rings. The third kappa shape index (κ3) is 1.90. The van der Waals surface area contributed by atoms with Crippen LogP contribution in [0.25, 0.3) is 16.5 Å². The smallest absolute Gasteiger partial charge is 0.0880 e. The number of ether oxygens (including phenoxy) is 1. The van der Waals surface area contributed by atoms with Crippen LogP contribution in [0.3, 0.4) is 0 Å². The van der Waals surface area contributed by atoms with Gasteiger partial charge in [-0.2, -0.15) is 0 Å². The molecule has 1 aromatic carbocycles. The second kappa shape index (κ2) is 4.49. The van der Waals surface area contributed by atoms with Crippen molar-refractivity contribution in [2.75, 3.05) is 6.61 Å². The van der Waals surface area contributed by atoms with Crippen molar-refractivity contribution < 1.29 is 9.84 Å². The van der Waals surface area contributed by atoms with Gasteiger partial charge in [0.2, 0.25) is 0 Å². The van der Waals surface area contributed by atoms with Crippen molar-refractivity contribution in [2.45, 2.75) is 44.3 Å². The maximum absolute atomic E-state index is 10.7. The molecule has 5 rings (SSSR count). The molecule has 3 heteroatoms. The Morgan fingerprint density at radius 3 is 3.13 bits per heavy atom. The molecule has 0 amide bonds. The van der Waals surface area contributed by atoms with Crippen LogP contribution in [0.15, 0.2) is 36.5 Å². The number of H-pyrrole nitrogens is 1. The summed E-state index contributed by atoms with van der Waals surface area (Å²) in [6, 6.07) is 8.85. The van der Waals surface area contributed by atoms with Gasteiger partial charge in [-0.15, -0.1) is 0 Å². The summed E-state index contributed by atoms with van der Waals surface area (Å²) >= 11 is 0. The second-order valence-corrected chi connectivity index (χ2v) is 7.96. The Kier molecular flexibility index (Phi) is 2.70. The minimum absolute atomic E-state index is 0.00686. The maximum atomic E-state index is 10.7. The molecule has 3 aliphatic rings. The van der Waals surface area contributed by atoms with E-state index < -0.39 is 5.60 Å². The summed E-state index contributed by atoms with van der Waals surface area (Å²) in [4.78, 5) is 3.27. The summed E-state index contributed by atoms with van der Waals surface area (Å²) in [5.74, 6) is 0.512. The lowest BCUT2D eigenvalue weighted by Crippen LogP contribution is -2.38. The van der Waals surface area contributed by atoms with E-state index in [1.54, 1.807) is 0 Å². The van der Waals surface area contributed by atoms with Gasteiger partial charge in [-0.05, 0) is 73.2 Å². The first kappa shape index (κ1) is 13.8. The number of benzene rings is 1. The Morgan fingerprint density at radius 1 is 1.30 bits per heavy atom. The predicted molar refractivity (Wildman–Crippen MR) is 91.0 cm³/mol. The number of aliphatic hydroxyl groups is 1. The normalized spacial score (nSPS) is 39.3. The van der Waals surface area contributed by atoms with Gasteiger partial charge in [0.25, 0.3) is 0 Å². The summed E-state index contributed by atoms with van der Waals surface area (Å²) in [5.41, 5.74) is 3.53. The SMILES string of the molecule is C[C@@]1(O)CC[C@H]2C(c3ccc4[nH]ccc4c3)=CC[C@@]23CO[C@@H]1C3. The summed E-state index contributed by atoms with van der Waals surface area (Å²) in [5, 5.41) is 12.0. The number of aromatic nitrogens is 1. The molecular formula is C20H23NO2. The van der Waals surface area contributed by atoms with Crippen LogP contribution >= 0.6 is 0 Å². The first-order valence-corrected chi connectivity index (χ1v) is 8.69. The minimum Gasteiger partial charge on any atom is -0.387 e. The molecule has 2 heterocycles. The van der Waals surface area contributed by atoms with Crippen molar-refractivity contribution in [1.82, 2.24) is 4.98 Å². The molecule has 0 unspecified atom stereocenters. The number of hydrogen-bond donors (Lipinski definition) is 2. The van der Waals surface area contributed by atoms with E-state index in [4.69, 9.17) is 4.74 Å². The van der Waals surface area contributed by atoms with E-state index in [2.05, 4.69) is 35.3 Å². The zero-order valence-corrected chi connectivity index (χ0v) is 13.5. The van der Waals surface area contributed by atoms with Crippen molar-refractivity contribution in [1.29, 1.82) is 0 Å². The predicted octanol–water partition coefficient (Wildman–Crippen LogP) is 3.89. The van der Waals surface area contributed by atoms with Gasteiger partial charge in [-0.25, -0.2) is 0 Å². The van der Waals surface area contributed by atoms with Gasteiger partial charge in [0.1, 0.15) is 0 Å². The van der Waals surface area contributed by atoms with Crippen LogP contribution in [0.5, 0.6) is 0 Å². The molecule has 1 aromatic heterocycles. The Bertz CT molecular complexity index is 803. The molecule has 23 heavy (non-hydrogen) atoms. The van der Waals surface area contributed by atoms with Gasteiger partial charge in [-0.3, -0.25) is 0 Å². The van der Waals surface area contributed by atoms with E-state index in [1.807, 2.05) is 13.1 Å². The van der Waals surface area contributed by atoms with Gasteiger partial charge in [0, 0.05) is 17.1 Å². The van der Waals surface area contributed by atoms with Crippen LogP contribution < -0.4 is 0 Å². The molecule has 2 aromatic rings. The first-order valence-electron chi connectivity index (χ1n) is 8.69. The number of allylic oxidation sites excluding steroid dienone is 2. The minimum atomic E-state index is -0.677. The van der Waals surface area contributed by atoms with Gasteiger partial charge < -0.3 is 14.8 Å². The summed E-state index contributed by atoms with van der Waals surface area (Å²) < 4.78 is 6.03. The van der Waals surface area contributed by atoms with Crippen molar-refractivity contribution in [3.63, 3.8) is 0 Å². The highest BCUT2D eigenvalue weighted by atomic mass is 16.5. The van der Waals surface area contributed by atoms with Crippen LogP contribution in [0.4, 0.5) is 0 Å². The Morgan fingerprint density at radius 2 is 2.22 bits per heavy atom. The number of rotatable bonds is 1. The molecular weight excluding hydrogens is 286 g/mol. The van der Waals surface area contributed by atoms with E-state index in [-0.39, 0.29) is 11.5 Å². The quantitative estimate of drug-likeness (QED) is 0.839. The monoisotopic (exact) mass is 309 g/mol. The third-order valence-electron chi connectivity index (χ3n) is 6.53. The molecule has 1 saturated heterocycles. The fourth-order valence-corrected chi connectivity index (χ4v) is 5.08. The topological polar surface area (TPSA) is 45.2 Å². The third-order valence-corrected chi connectivity index (χ3v) is 6.53. The van der Waals surface area contributed by atoms with Crippen LogP contribution in [0, 0.1) is 11.3 Å². The molecule has 4 atom stereocenters. The lowest BCUT2D eigenvalue weighted by molar-refractivity contribution is -0.0834. The number of aromatic amines is 1. The van der Waals surface area contributed by atoms with Gasteiger partial charge in [-0.1, -0.05) is 12.1 Å². The van der Waals surface area contributed by atoms with Gasteiger partial charge >= 0.3 is 0 Å². The molecule has 1 saturated carbocycles. The Balaban J connectivity index is 1.55. The highest BCUT2D eigenvalue weighted by Gasteiger charge is 2.56. The second-order valence-electron chi connectivity index (χ2n) is 7.96. The van der Waals surface area contributed by atoms with Crippen LogP contribution in [-0.2, 0) is 4.74 Å². The van der Waals surface area contributed by atoms with Crippen LogP contribution in [-0.4, -0.2) is 28.4 Å². The lowest BCUT2D eigenvalue weighted by atomic mass is 9.72. The van der Waals surface area contributed by atoms with E-state index in [0.717, 1.165) is 32.3 Å². The molecule has 0 radical (unpaired) electrons. The molecule has 2 N–H and O–H groups in total. The number of fused-ring (bicyclic) bond motifs is 2. The summed E-state index contributed by atoms with van der Waals surface area (Å²) in [6.07, 6.45) is 8.41.